The van der Waals surface area contributed by atoms with E-state index in [2.05, 4.69) is 24.8 Å². The van der Waals surface area contributed by atoms with Crippen LogP contribution >= 0.6 is 11.8 Å². The molecule has 0 amide bonds. The van der Waals surface area contributed by atoms with Gasteiger partial charge in [-0.2, -0.15) is 0 Å². The van der Waals surface area contributed by atoms with Crippen molar-refractivity contribution in [3.8, 4) is 17.0 Å². The number of anilines is 1. The molecule has 0 radical (unpaired) electrons. The van der Waals surface area contributed by atoms with Crippen LogP contribution in [0.4, 0.5) is 5.95 Å². The molecular weight excluding hydrogens is 378 g/mol. The smallest absolute Gasteiger partial charge is 0.339 e. The van der Waals surface area contributed by atoms with Crippen molar-refractivity contribution in [2.24, 2.45) is 0 Å². The number of nitrogens with zero attached hydrogens (tertiary/aromatic N) is 4. The molecular formula is C19H19N5O3S. The van der Waals surface area contributed by atoms with Crippen LogP contribution in [0.2, 0.25) is 0 Å². The van der Waals surface area contributed by atoms with E-state index in [1.54, 1.807) is 42.2 Å². The first-order chi connectivity index (χ1) is 13.6. The Hall–Kier alpha value is -3.07. The number of benzene rings is 1. The fourth-order valence-electron chi connectivity index (χ4n) is 2.96. The molecule has 0 unspecified atom stereocenters. The summed E-state index contributed by atoms with van der Waals surface area (Å²) in [5.74, 6) is 0.839. The zero-order valence-corrected chi connectivity index (χ0v) is 16.1. The molecule has 9 heteroatoms. The van der Waals surface area contributed by atoms with Gasteiger partial charge in [0.25, 0.3) is 0 Å². The molecule has 0 saturated carbocycles. The van der Waals surface area contributed by atoms with Crippen molar-refractivity contribution in [3.05, 3.63) is 47.9 Å². The van der Waals surface area contributed by atoms with E-state index in [-0.39, 0.29) is 5.56 Å². The lowest BCUT2D eigenvalue weighted by molar-refractivity contribution is 0.0692. The number of aromatic carboxylic acids is 1. The summed E-state index contributed by atoms with van der Waals surface area (Å²) in [5.41, 5.74) is 2.36. The summed E-state index contributed by atoms with van der Waals surface area (Å²) < 4.78 is 7.53. The maximum absolute atomic E-state index is 11.5. The maximum Gasteiger partial charge on any atom is 0.339 e. The van der Waals surface area contributed by atoms with Gasteiger partial charge in [0.1, 0.15) is 11.3 Å². The number of nitrogens with one attached hydrogen (secondary N) is 1. The Balaban J connectivity index is 1.53. The first kappa shape index (κ1) is 18.3. The molecule has 1 aliphatic rings. The Morgan fingerprint density at radius 2 is 2.25 bits per heavy atom. The van der Waals surface area contributed by atoms with Crippen LogP contribution in [-0.4, -0.2) is 43.0 Å². The highest BCUT2D eigenvalue weighted by Gasteiger charge is 2.15. The number of fused-ring (bicyclic) bond motifs is 1. The highest BCUT2D eigenvalue weighted by molar-refractivity contribution is 7.99. The first-order valence-electron chi connectivity index (χ1n) is 8.90. The minimum atomic E-state index is -1.04. The summed E-state index contributed by atoms with van der Waals surface area (Å²) in [4.78, 5) is 24.8. The van der Waals surface area contributed by atoms with E-state index in [1.165, 1.54) is 0 Å². The SMILES string of the molecule is CCOc1ccc(-c2ccnc(NCc3cn4c(n3)SCC4)n2)cc1C(=O)O. The first-order valence-corrected chi connectivity index (χ1v) is 9.89. The molecule has 28 heavy (non-hydrogen) atoms. The van der Waals surface area contributed by atoms with Crippen molar-refractivity contribution in [1.82, 2.24) is 19.5 Å². The third kappa shape index (κ3) is 3.79. The number of aromatic nitrogens is 4. The number of imidazole rings is 1. The average Bonchev–Trinajstić information content (AvgIpc) is 3.29. The number of carboxylic acids is 1. The second kappa shape index (κ2) is 7.89. The summed E-state index contributed by atoms with van der Waals surface area (Å²) in [6, 6.07) is 6.76. The van der Waals surface area contributed by atoms with Crippen LogP contribution in [-0.2, 0) is 13.1 Å². The van der Waals surface area contributed by atoms with Crippen LogP contribution in [0.3, 0.4) is 0 Å². The zero-order chi connectivity index (χ0) is 19.5. The van der Waals surface area contributed by atoms with Gasteiger partial charge in [-0.1, -0.05) is 11.8 Å². The molecule has 0 bridgehead atoms. The van der Waals surface area contributed by atoms with Crippen molar-refractivity contribution in [1.29, 1.82) is 0 Å². The van der Waals surface area contributed by atoms with Gasteiger partial charge in [0, 0.05) is 30.3 Å². The zero-order valence-electron chi connectivity index (χ0n) is 15.3. The summed E-state index contributed by atoms with van der Waals surface area (Å²) in [6.07, 6.45) is 3.68. The predicted octanol–water partition coefficient (Wildman–Crippen LogP) is 3.15. The number of carbonyl (C=O) groups is 1. The highest BCUT2D eigenvalue weighted by atomic mass is 32.2. The molecule has 0 spiro atoms. The molecule has 0 atom stereocenters. The Morgan fingerprint density at radius 3 is 3.04 bits per heavy atom. The lowest BCUT2D eigenvalue weighted by Crippen LogP contribution is -2.05. The molecule has 3 heterocycles. The van der Waals surface area contributed by atoms with Gasteiger partial charge in [-0.25, -0.2) is 19.7 Å². The Bertz CT molecular complexity index is 999. The van der Waals surface area contributed by atoms with Crippen LogP contribution in [0.15, 0.2) is 41.8 Å². The number of aryl methyl sites for hydroxylation is 1. The van der Waals surface area contributed by atoms with E-state index in [0.717, 1.165) is 23.1 Å². The lowest BCUT2D eigenvalue weighted by atomic mass is 10.1. The summed E-state index contributed by atoms with van der Waals surface area (Å²) >= 11 is 1.75. The Morgan fingerprint density at radius 1 is 1.36 bits per heavy atom. The monoisotopic (exact) mass is 397 g/mol. The Labute approximate surface area is 166 Å². The van der Waals surface area contributed by atoms with Gasteiger partial charge >= 0.3 is 5.97 Å². The third-order valence-electron chi connectivity index (χ3n) is 4.24. The molecule has 0 aliphatic carbocycles. The van der Waals surface area contributed by atoms with Crippen LogP contribution in [0.25, 0.3) is 11.3 Å². The van der Waals surface area contributed by atoms with Crippen LogP contribution in [0.5, 0.6) is 5.75 Å². The van der Waals surface area contributed by atoms with Crippen LogP contribution in [0, 0.1) is 0 Å². The summed E-state index contributed by atoms with van der Waals surface area (Å²) in [7, 11) is 0. The van der Waals surface area contributed by atoms with Gasteiger partial charge in [0.05, 0.1) is 24.5 Å². The van der Waals surface area contributed by atoms with Gasteiger partial charge in [0.15, 0.2) is 5.16 Å². The van der Waals surface area contributed by atoms with E-state index < -0.39 is 5.97 Å². The molecule has 4 rings (SSSR count). The normalized spacial score (nSPS) is 12.6. The number of hydrogen-bond donors (Lipinski definition) is 2. The molecule has 2 aromatic heterocycles. The summed E-state index contributed by atoms with van der Waals surface area (Å²) in [5, 5.41) is 13.7. The minimum Gasteiger partial charge on any atom is -0.493 e. The lowest BCUT2D eigenvalue weighted by Gasteiger charge is -2.10. The molecule has 2 N–H and O–H groups in total. The molecule has 1 aliphatic heterocycles. The van der Waals surface area contributed by atoms with Crippen molar-refractivity contribution >= 4 is 23.7 Å². The number of thioether (sulfide) groups is 1. The van der Waals surface area contributed by atoms with Gasteiger partial charge in [-0.3, -0.25) is 0 Å². The van der Waals surface area contributed by atoms with E-state index in [9.17, 15) is 9.90 Å². The number of rotatable bonds is 7. The van der Waals surface area contributed by atoms with Crippen molar-refractivity contribution in [2.75, 3.05) is 17.7 Å². The van der Waals surface area contributed by atoms with Gasteiger partial charge in [-0.05, 0) is 31.2 Å². The van der Waals surface area contributed by atoms with Crippen LogP contribution < -0.4 is 10.1 Å². The molecule has 0 fully saturated rings. The number of carboxylic acid groups (broad SMARTS) is 1. The van der Waals surface area contributed by atoms with Gasteiger partial charge in [-0.15, -0.1) is 0 Å². The average molecular weight is 397 g/mol. The number of ether oxygens (including phenoxy) is 1. The third-order valence-corrected chi connectivity index (χ3v) is 5.21. The molecule has 8 nitrogen and oxygen atoms in total. The molecule has 1 aromatic carbocycles. The van der Waals surface area contributed by atoms with Gasteiger partial charge < -0.3 is 19.7 Å². The van der Waals surface area contributed by atoms with Crippen molar-refractivity contribution < 1.29 is 14.6 Å². The van der Waals surface area contributed by atoms with E-state index in [4.69, 9.17) is 4.74 Å². The van der Waals surface area contributed by atoms with E-state index in [1.807, 2.05) is 13.1 Å². The minimum absolute atomic E-state index is 0.109. The standard InChI is InChI=1S/C19H19N5O3S/c1-2-27-16-4-3-12(9-14(16)17(25)26)15-5-6-20-18(23-15)21-10-13-11-24-7-8-28-19(24)22-13/h3-6,9,11H,2,7-8,10H2,1H3,(H,25,26)(H,20,21,23). The quantitative estimate of drug-likeness (QED) is 0.627. The second-order valence-electron chi connectivity index (χ2n) is 6.12. The maximum atomic E-state index is 11.5. The fraction of sp³-hybridized carbons (Fsp3) is 0.263. The molecule has 0 saturated heterocycles. The van der Waals surface area contributed by atoms with Crippen LogP contribution in [0.1, 0.15) is 23.0 Å². The van der Waals surface area contributed by atoms with E-state index in [0.29, 0.717) is 36.1 Å². The van der Waals surface area contributed by atoms with Gasteiger partial charge in [0.2, 0.25) is 5.95 Å². The van der Waals surface area contributed by atoms with E-state index >= 15 is 0 Å². The Kier molecular flexibility index (Phi) is 5.16. The largest absolute Gasteiger partial charge is 0.493 e. The molecule has 3 aromatic rings. The van der Waals surface area contributed by atoms with Crippen molar-refractivity contribution in [2.45, 2.75) is 25.2 Å². The highest BCUT2D eigenvalue weighted by Crippen LogP contribution is 2.27. The predicted molar refractivity (Wildman–Crippen MR) is 106 cm³/mol. The molecule has 144 valence electrons. The topological polar surface area (TPSA) is 102 Å². The fourth-order valence-corrected chi connectivity index (χ4v) is 3.92. The second-order valence-corrected chi connectivity index (χ2v) is 7.19. The summed E-state index contributed by atoms with van der Waals surface area (Å²) in [6.45, 7) is 3.73. The number of hydrogen-bond acceptors (Lipinski definition) is 7. The van der Waals surface area contributed by atoms with Crippen molar-refractivity contribution in [3.63, 3.8) is 0 Å².